The second kappa shape index (κ2) is 11.9. The van der Waals surface area contributed by atoms with Gasteiger partial charge >= 0.3 is 0 Å². The molecule has 1 aliphatic rings. The van der Waals surface area contributed by atoms with Gasteiger partial charge in [-0.3, -0.25) is 14.2 Å². The number of amides is 2. The Morgan fingerprint density at radius 3 is 2.46 bits per heavy atom. The monoisotopic (exact) mass is 492 g/mol. The van der Waals surface area contributed by atoms with E-state index in [1.54, 1.807) is 0 Å². The number of hydrogen-bond donors (Lipinski definition) is 2. The molecule has 2 aromatic carbocycles. The Balaban J connectivity index is 1.38. The minimum Gasteiger partial charge on any atom is -0.346 e. The van der Waals surface area contributed by atoms with Gasteiger partial charge in [0.15, 0.2) is 5.16 Å². The van der Waals surface area contributed by atoms with Crippen molar-refractivity contribution >= 4 is 35.2 Å². The van der Waals surface area contributed by atoms with Crippen LogP contribution < -0.4 is 15.5 Å². The predicted octanol–water partition coefficient (Wildman–Crippen LogP) is 3.98. The molecule has 0 saturated carbocycles. The number of aryl methyl sites for hydroxylation is 2. The number of nitrogens with zero attached hydrogens (tertiary/aromatic N) is 4. The first-order valence-corrected chi connectivity index (χ1v) is 13.1. The predicted molar refractivity (Wildman–Crippen MR) is 140 cm³/mol. The maximum atomic E-state index is 12.5. The van der Waals surface area contributed by atoms with Gasteiger partial charge in [0.1, 0.15) is 0 Å². The summed E-state index contributed by atoms with van der Waals surface area (Å²) in [5.74, 6) is 0.472. The van der Waals surface area contributed by atoms with Crippen LogP contribution >= 0.6 is 11.8 Å². The van der Waals surface area contributed by atoms with Crippen LogP contribution in [0.4, 0.5) is 11.6 Å². The molecule has 1 aliphatic heterocycles. The van der Waals surface area contributed by atoms with Crippen molar-refractivity contribution in [1.82, 2.24) is 20.1 Å². The van der Waals surface area contributed by atoms with Crippen LogP contribution in [0.3, 0.4) is 0 Å². The lowest BCUT2D eigenvalue weighted by Crippen LogP contribution is -2.34. The summed E-state index contributed by atoms with van der Waals surface area (Å²) in [6, 6.07) is 15.9. The number of nitrogens with one attached hydrogen (secondary N) is 2. The van der Waals surface area contributed by atoms with Crippen molar-refractivity contribution in [2.45, 2.75) is 44.7 Å². The fourth-order valence-corrected chi connectivity index (χ4v) is 4.86. The van der Waals surface area contributed by atoms with E-state index < -0.39 is 0 Å². The number of rotatable bonds is 9. The molecule has 1 aromatic heterocycles. The van der Waals surface area contributed by atoms with Crippen molar-refractivity contribution < 1.29 is 9.59 Å². The molecule has 3 aromatic rings. The lowest BCUT2D eigenvalue weighted by molar-refractivity contribution is -0.122. The highest BCUT2D eigenvalue weighted by atomic mass is 32.2. The van der Waals surface area contributed by atoms with Crippen LogP contribution in [-0.4, -0.2) is 52.0 Å². The summed E-state index contributed by atoms with van der Waals surface area (Å²) in [7, 11) is 0. The van der Waals surface area contributed by atoms with Crippen LogP contribution in [0.2, 0.25) is 0 Å². The number of aromatic nitrogens is 3. The van der Waals surface area contributed by atoms with E-state index in [0.29, 0.717) is 5.16 Å². The van der Waals surface area contributed by atoms with Crippen LogP contribution in [0.1, 0.15) is 37.3 Å². The number of carbonyl (C=O) groups is 2. The van der Waals surface area contributed by atoms with Crippen LogP contribution in [0.5, 0.6) is 0 Å². The summed E-state index contributed by atoms with van der Waals surface area (Å²) in [6.07, 6.45) is 4.32. The lowest BCUT2D eigenvalue weighted by Gasteiger charge is -2.27. The average molecular weight is 493 g/mol. The Kier molecular flexibility index (Phi) is 8.41. The molecule has 1 fully saturated rings. The summed E-state index contributed by atoms with van der Waals surface area (Å²) >= 11 is 1.32. The van der Waals surface area contributed by atoms with Crippen molar-refractivity contribution in [2.75, 3.05) is 35.6 Å². The number of carbonyl (C=O) groups excluding carboxylic acids is 2. The molecule has 2 amide bonds. The third-order valence-corrected chi connectivity index (χ3v) is 6.93. The van der Waals surface area contributed by atoms with Gasteiger partial charge in [-0.05, 0) is 56.4 Å². The standard InChI is InChI=1S/C26H32N6O2S/c1-3-20-9-5-6-10-22(20)28-23(33)17-27-24(34)18-35-26-30-29-25(31-15-7-4-8-16-31)32(26)21-13-11-19(2)12-14-21/h5-6,9-14H,3-4,7-8,15-18H2,1-2H3,(H,27,34)(H,28,33). The molecule has 0 bridgehead atoms. The SMILES string of the molecule is CCc1ccccc1NC(=O)CNC(=O)CSc1nnc(N2CCCCC2)n1-c1ccc(C)cc1. The normalized spacial score (nSPS) is 13.5. The first kappa shape index (κ1) is 24.8. The summed E-state index contributed by atoms with van der Waals surface area (Å²) in [4.78, 5) is 27.1. The second-order valence-electron chi connectivity index (χ2n) is 8.63. The van der Waals surface area contributed by atoms with E-state index in [9.17, 15) is 9.59 Å². The van der Waals surface area contributed by atoms with E-state index in [-0.39, 0.29) is 24.1 Å². The molecule has 184 valence electrons. The minimum absolute atomic E-state index is 0.0822. The zero-order valence-electron chi connectivity index (χ0n) is 20.3. The van der Waals surface area contributed by atoms with Crippen LogP contribution in [-0.2, 0) is 16.0 Å². The highest BCUT2D eigenvalue weighted by Crippen LogP contribution is 2.28. The molecule has 0 aliphatic carbocycles. The van der Waals surface area contributed by atoms with Crippen molar-refractivity contribution in [3.63, 3.8) is 0 Å². The smallest absolute Gasteiger partial charge is 0.243 e. The highest BCUT2D eigenvalue weighted by Gasteiger charge is 2.22. The minimum atomic E-state index is -0.251. The number of para-hydroxylation sites is 1. The number of piperidine rings is 1. The fraction of sp³-hybridized carbons (Fsp3) is 0.385. The van der Waals surface area contributed by atoms with Gasteiger partial charge in [0, 0.05) is 18.8 Å². The molecule has 0 radical (unpaired) electrons. The Morgan fingerprint density at radius 1 is 0.971 bits per heavy atom. The maximum absolute atomic E-state index is 12.5. The van der Waals surface area contributed by atoms with Gasteiger partial charge in [-0.2, -0.15) is 0 Å². The Hall–Kier alpha value is -3.33. The number of anilines is 2. The summed E-state index contributed by atoms with van der Waals surface area (Å²) in [5, 5.41) is 15.1. The molecular weight excluding hydrogens is 460 g/mol. The van der Waals surface area contributed by atoms with Gasteiger partial charge < -0.3 is 15.5 Å². The molecule has 2 heterocycles. The molecule has 0 spiro atoms. The van der Waals surface area contributed by atoms with Gasteiger partial charge in [0.2, 0.25) is 17.8 Å². The van der Waals surface area contributed by atoms with Gasteiger partial charge in [-0.25, -0.2) is 0 Å². The van der Waals surface area contributed by atoms with E-state index in [0.717, 1.165) is 55.2 Å². The number of hydrogen-bond acceptors (Lipinski definition) is 6. The molecule has 0 unspecified atom stereocenters. The zero-order chi connectivity index (χ0) is 24.6. The first-order chi connectivity index (χ1) is 17.0. The summed E-state index contributed by atoms with van der Waals surface area (Å²) in [6.45, 7) is 5.91. The van der Waals surface area contributed by atoms with Crippen LogP contribution in [0.15, 0.2) is 53.7 Å². The molecule has 1 saturated heterocycles. The molecule has 2 N–H and O–H groups in total. The van der Waals surface area contributed by atoms with Gasteiger partial charge in [0.05, 0.1) is 18.0 Å². The Labute approximate surface area is 210 Å². The van der Waals surface area contributed by atoms with E-state index in [1.807, 2.05) is 35.8 Å². The van der Waals surface area contributed by atoms with Crippen LogP contribution in [0, 0.1) is 6.92 Å². The highest BCUT2D eigenvalue weighted by molar-refractivity contribution is 7.99. The quantitative estimate of drug-likeness (QED) is 0.439. The third-order valence-electron chi connectivity index (χ3n) is 6.00. The maximum Gasteiger partial charge on any atom is 0.243 e. The van der Waals surface area contributed by atoms with E-state index >= 15 is 0 Å². The lowest BCUT2D eigenvalue weighted by atomic mass is 10.1. The number of thioether (sulfide) groups is 1. The molecule has 4 rings (SSSR count). The Bertz CT molecular complexity index is 1150. The third kappa shape index (κ3) is 6.42. The van der Waals surface area contributed by atoms with Crippen molar-refractivity contribution in [1.29, 1.82) is 0 Å². The number of benzene rings is 2. The molecule has 35 heavy (non-hydrogen) atoms. The molecular formula is C26H32N6O2S. The van der Waals surface area contributed by atoms with E-state index in [2.05, 4.69) is 56.9 Å². The van der Waals surface area contributed by atoms with Crippen LogP contribution in [0.25, 0.3) is 5.69 Å². The largest absolute Gasteiger partial charge is 0.346 e. The van der Waals surface area contributed by atoms with Crippen molar-refractivity contribution in [3.05, 3.63) is 59.7 Å². The van der Waals surface area contributed by atoms with E-state index in [1.165, 1.54) is 23.7 Å². The first-order valence-electron chi connectivity index (χ1n) is 12.1. The van der Waals surface area contributed by atoms with Gasteiger partial charge in [-0.1, -0.05) is 54.6 Å². The molecule has 9 heteroatoms. The second-order valence-corrected chi connectivity index (χ2v) is 9.57. The van der Waals surface area contributed by atoms with E-state index in [4.69, 9.17) is 0 Å². The fourth-order valence-electron chi connectivity index (χ4n) is 4.08. The van der Waals surface area contributed by atoms with Crippen molar-refractivity contribution in [2.24, 2.45) is 0 Å². The molecule has 0 atom stereocenters. The topological polar surface area (TPSA) is 92.2 Å². The van der Waals surface area contributed by atoms with Gasteiger partial charge in [-0.15, -0.1) is 10.2 Å². The Morgan fingerprint density at radius 2 is 1.71 bits per heavy atom. The van der Waals surface area contributed by atoms with Crippen molar-refractivity contribution in [3.8, 4) is 5.69 Å². The summed E-state index contributed by atoms with van der Waals surface area (Å²) < 4.78 is 2.02. The molecule has 8 nitrogen and oxygen atoms in total. The summed E-state index contributed by atoms with van der Waals surface area (Å²) in [5.41, 5.74) is 3.98. The average Bonchev–Trinajstić information content (AvgIpc) is 3.31. The zero-order valence-corrected chi connectivity index (χ0v) is 21.1. The van der Waals surface area contributed by atoms with Gasteiger partial charge in [0.25, 0.3) is 0 Å².